The number of nitrogens with two attached hydrogens (primary N) is 1. The predicted octanol–water partition coefficient (Wildman–Crippen LogP) is 2.79. The molecule has 0 aliphatic heterocycles. The minimum atomic E-state index is -3.82. The van der Waals surface area contributed by atoms with Gasteiger partial charge in [-0.3, -0.25) is 0 Å². The van der Waals surface area contributed by atoms with Crippen molar-refractivity contribution in [2.24, 2.45) is 0 Å². The second kappa shape index (κ2) is 6.08. The number of nitrogens with one attached hydrogen (secondary N) is 1. The van der Waals surface area contributed by atoms with Gasteiger partial charge in [-0.15, -0.1) is 0 Å². The van der Waals surface area contributed by atoms with E-state index in [-0.39, 0.29) is 17.0 Å². The molecule has 0 bridgehead atoms. The van der Waals surface area contributed by atoms with Crippen molar-refractivity contribution in [3.8, 4) is 0 Å². The van der Waals surface area contributed by atoms with Crippen LogP contribution in [0.4, 0.5) is 14.5 Å². The maximum atomic E-state index is 13.4. The van der Waals surface area contributed by atoms with E-state index in [9.17, 15) is 17.2 Å². The highest BCUT2D eigenvalue weighted by Gasteiger charge is 2.16. The molecule has 0 aromatic heterocycles. The van der Waals surface area contributed by atoms with E-state index >= 15 is 0 Å². The Morgan fingerprint density at radius 3 is 2.48 bits per heavy atom. The summed E-state index contributed by atoms with van der Waals surface area (Å²) >= 11 is 3.14. The fourth-order valence-electron chi connectivity index (χ4n) is 1.60. The number of hydrogen-bond acceptors (Lipinski definition) is 3. The zero-order valence-electron chi connectivity index (χ0n) is 10.6. The number of hydrogen-bond donors (Lipinski definition) is 2. The highest BCUT2D eigenvalue weighted by atomic mass is 79.9. The molecule has 0 saturated carbocycles. The zero-order chi connectivity index (χ0) is 15.6. The number of rotatable bonds is 4. The smallest absolute Gasteiger partial charge is 0.240 e. The van der Waals surface area contributed by atoms with Gasteiger partial charge < -0.3 is 5.73 Å². The Bertz CT molecular complexity index is 782. The summed E-state index contributed by atoms with van der Waals surface area (Å²) in [6.45, 7) is -0.281. The van der Waals surface area contributed by atoms with Crippen LogP contribution >= 0.6 is 15.9 Å². The van der Waals surface area contributed by atoms with Gasteiger partial charge in [0.25, 0.3) is 0 Å². The molecule has 112 valence electrons. The molecule has 0 atom stereocenters. The molecule has 2 aromatic carbocycles. The summed E-state index contributed by atoms with van der Waals surface area (Å²) in [5, 5.41) is 0. The molecule has 0 saturated heterocycles. The molecule has 4 nitrogen and oxygen atoms in total. The van der Waals surface area contributed by atoms with Crippen LogP contribution < -0.4 is 10.5 Å². The average molecular weight is 377 g/mol. The normalized spacial score (nSPS) is 11.6. The summed E-state index contributed by atoms with van der Waals surface area (Å²) < 4.78 is 53.1. The average Bonchev–Trinajstić information content (AvgIpc) is 2.40. The van der Waals surface area contributed by atoms with Crippen molar-refractivity contribution in [1.82, 2.24) is 4.72 Å². The van der Waals surface area contributed by atoms with Gasteiger partial charge in [-0.1, -0.05) is 6.07 Å². The summed E-state index contributed by atoms with van der Waals surface area (Å²) in [7, 11) is -3.82. The lowest BCUT2D eigenvalue weighted by Gasteiger charge is -2.09. The SMILES string of the molecule is Nc1ccc(S(=O)(=O)NCc2ccc(F)cc2F)cc1Br. The lowest BCUT2D eigenvalue weighted by molar-refractivity contribution is 0.562. The number of nitrogen functional groups attached to an aromatic ring is 1. The predicted molar refractivity (Wildman–Crippen MR) is 78.9 cm³/mol. The van der Waals surface area contributed by atoms with Crippen LogP contribution in [0.15, 0.2) is 45.8 Å². The van der Waals surface area contributed by atoms with Crippen molar-refractivity contribution >= 4 is 31.6 Å². The summed E-state index contributed by atoms with van der Waals surface area (Å²) in [5.41, 5.74) is 6.04. The van der Waals surface area contributed by atoms with Crippen LogP contribution in [-0.4, -0.2) is 8.42 Å². The van der Waals surface area contributed by atoms with E-state index in [0.717, 1.165) is 6.07 Å². The van der Waals surface area contributed by atoms with E-state index in [0.29, 0.717) is 16.2 Å². The summed E-state index contributed by atoms with van der Waals surface area (Å²) in [6.07, 6.45) is 0. The van der Waals surface area contributed by atoms with Crippen molar-refractivity contribution in [2.75, 3.05) is 5.73 Å². The van der Waals surface area contributed by atoms with Crippen LogP contribution in [0.5, 0.6) is 0 Å². The largest absolute Gasteiger partial charge is 0.398 e. The molecule has 0 radical (unpaired) electrons. The molecule has 0 unspecified atom stereocenters. The molecule has 0 spiro atoms. The van der Waals surface area contributed by atoms with Gasteiger partial charge in [0.2, 0.25) is 10.0 Å². The molecule has 0 aliphatic rings. The standard InChI is InChI=1S/C13H11BrF2N2O2S/c14-11-6-10(3-4-13(11)17)21(19,20)18-7-8-1-2-9(15)5-12(8)16/h1-6,18H,7,17H2. The minimum absolute atomic E-state index is 0.00825. The number of benzene rings is 2. The highest BCUT2D eigenvalue weighted by Crippen LogP contribution is 2.23. The molecule has 0 amide bonds. The van der Waals surface area contributed by atoms with Gasteiger partial charge in [0.05, 0.1) is 4.90 Å². The molecule has 8 heteroatoms. The third kappa shape index (κ3) is 3.78. The van der Waals surface area contributed by atoms with E-state index in [1.807, 2.05) is 0 Å². The van der Waals surface area contributed by atoms with Crippen LogP contribution in [0.2, 0.25) is 0 Å². The van der Waals surface area contributed by atoms with Crippen LogP contribution in [0.1, 0.15) is 5.56 Å². The van der Waals surface area contributed by atoms with Crippen LogP contribution in [-0.2, 0) is 16.6 Å². The van der Waals surface area contributed by atoms with Gasteiger partial charge in [-0.2, -0.15) is 0 Å². The number of halogens is 3. The van der Waals surface area contributed by atoms with Crippen LogP contribution in [0.25, 0.3) is 0 Å². The molecule has 0 heterocycles. The van der Waals surface area contributed by atoms with Crippen molar-refractivity contribution in [1.29, 1.82) is 0 Å². The minimum Gasteiger partial charge on any atom is -0.398 e. The van der Waals surface area contributed by atoms with E-state index in [1.54, 1.807) is 0 Å². The lowest BCUT2D eigenvalue weighted by atomic mass is 10.2. The zero-order valence-corrected chi connectivity index (χ0v) is 13.0. The Morgan fingerprint density at radius 2 is 1.86 bits per heavy atom. The van der Waals surface area contributed by atoms with Gasteiger partial charge in [-0.05, 0) is 40.2 Å². The fourth-order valence-corrected chi connectivity index (χ4v) is 3.16. The highest BCUT2D eigenvalue weighted by molar-refractivity contribution is 9.10. The molecule has 0 aliphatic carbocycles. The third-order valence-electron chi connectivity index (χ3n) is 2.75. The fraction of sp³-hybridized carbons (Fsp3) is 0.0769. The third-order valence-corrected chi connectivity index (χ3v) is 4.84. The first-order chi connectivity index (χ1) is 9.79. The van der Waals surface area contributed by atoms with E-state index < -0.39 is 21.7 Å². The second-order valence-corrected chi connectivity index (χ2v) is 6.86. The molecule has 2 aromatic rings. The topological polar surface area (TPSA) is 72.2 Å². The van der Waals surface area contributed by atoms with Crippen molar-refractivity contribution in [2.45, 2.75) is 11.4 Å². The van der Waals surface area contributed by atoms with Crippen molar-refractivity contribution in [3.63, 3.8) is 0 Å². The summed E-state index contributed by atoms with van der Waals surface area (Å²) in [6, 6.07) is 7.07. The van der Waals surface area contributed by atoms with Crippen LogP contribution in [0.3, 0.4) is 0 Å². The number of anilines is 1. The number of sulfonamides is 1. The Balaban J connectivity index is 2.19. The van der Waals surface area contributed by atoms with Crippen molar-refractivity contribution < 1.29 is 17.2 Å². The van der Waals surface area contributed by atoms with Gasteiger partial charge >= 0.3 is 0 Å². The van der Waals surface area contributed by atoms with E-state index in [1.165, 1.54) is 24.3 Å². The van der Waals surface area contributed by atoms with Gasteiger partial charge in [0.1, 0.15) is 11.6 Å². The Kier molecular flexibility index (Phi) is 4.60. The molecular formula is C13H11BrF2N2O2S. The molecule has 0 fully saturated rings. The Labute approximate surface area is 129 Å². The van der Waals surface area contributed by atoms with E-state index in [2.05, 4.69) is 20.7 Å². The Morgan fingerprint density at radius 1 is 1.14 bits per heavy atom. The molecule has 21 heavy (non-hydrogen) atoms. The first-order valence-electron chi connectivity index (χ1n) is 5.78. The van der Waals surface area contributed by atoms with E-state index in [4.69, 9.17) is 5.73 Å². The quantitative estimate of drug-likeness (QED) is 0.805. The lowest BCUT2D eigenvalue weighted by Crippen LogP contribution is -2.23. The maximum absolute atomic E-state index is 13.4. The van der Waals surface area contributed by atoms with Gasteiger partial charge in [0.15, 0.2) is 0 Å². The van der Waals surface area contributed by atoms with Crippen molar-refractivity contribution in [3.05, 3.63) is 58.1 Å². The summed E-state index contributed by atoms with van der Waals surface area (Å²) in [4.78, 5) is -0.00825. The summed E-state index contributed by atoms with van der Waals surface area (Å²) in [5.74, 6) is -1.53. The first-order valence-corrected chi connectivity index (χ1v) is 8.06. The van der Waals surface area contributed by atoms with Gasteiger partial charge in [0, 0.05) is 28.3 Å². The maximum Gasteiger partial charge on any atom is 0.240 e. The monoisotopic (exact) mass is 376 g/mol. The van der Waals surface area contributed by atoms with Gasteiger partial charge in [-0.25, -0.2) is 21.9 Å². The first kappa shape index (κ1) is 15.9. The second-order valence-electron chi connectivity index (χ2n) is 4.24. The van der Waals surface area contributed by atoms with Crippen LogP contribution in [0, 0.1) is 11.6 Å². The Hall–Kier alpha value is -1.51. The molecular weight excluding hydrogens is 366 g/mol. The molecule has 2 rings (SSSR count). The molecule has 3 N–H and O–H groups in total.